The summed E-state index contributed by atoms with van der Waals surface area (Å²) in [5.41, 5.74) is 3.40. The molecular formula is C18H22ClN3O3. The number of carbonyl (C=O) groups excluding carboxylic acids is 2. The minimum Gasteiger partial charge on any atom is -0.468 e. The maximum atomic E-state index is 12.8. The molecule has 0 atom stereocenters. The van der Waals surface area contributed by atoms with Gasteiger partial charge in [0.1, 0.15) is 6.54 Å². The molecule has 6 nitrogen and oxygen atoms in total. The molecule has 0 radical (unpaired) electrons. The van der Waals surface area contributed by atoms with E-state index in [1.807, 2.05) is 39.1 Å². The van der Waals surface area contributed by atoms with Crippen LogP contribution in [0.2, 0.25) is 5.02 Å². The zero-order chi connectivity index (χ0) is 18.6. The highest BCUT2D eigenvalue weighted by Gasteiger charge is 2.22. The van der Waals surface area contributed by atoms with Crippen LogP contribution in [-0.2, 0) is 34.3 Å². The number of esters is 1. The van der Waals surface area contributed by atoms with Gasteiger partial charge in [-0.05, 0) is 25.5 Å². The van der Waals surface area contributed by atoms with Crippen LogP contribution in [0, 0.1) is 13.8 Å². The third-order valence-electron chi connectivity index (χ3n) is 4.21. The summed E-state index contributed by atoms with van der Waals surface area (Å²) >= 11 is 6.19. The first-order valence-corrected chi connectivity index (χ1v) is 8.28. The zero-order valence-electron chi connectivity index (χ0n) is 14.9. The van der Waals surface area contributed by atoms with E-state index in [1.54, 1.807) is 10.7 Å². The van der Waals surface area contributed by atoms with Crippen LogP contribution in [0.25, 0.3) is 0 Å². The van der Waals surface area contributed by atoms with Gasteiger partial charge in [-0.15, -0.1) is 0 Å². The van der Waals surface area contributed by atoms with Crippen LogP contribution < -0.4 is 0 Å². The predicted octanol–water partition coefficient (Wildman–Crippen LogP) is 2.43. The maximum absolute atomic E-state index is 12.8. The van der Waals surface area contributed by atoms with Crippen LogP contribution in [0.4, 0.5) is 0 Å². The molecule has 2 rings (SSSR count). The molecule has 0 aliphatic heterocycles. The molecule has 0 fully saturated rings. The van der Waals surface area contributed by atoms with Crippen LogP contribution in [0.3, 0.4) is 0 Å². The van der Waals surface area contributed by atoms with Crippen molar-refractivity contribution in [1.29, 1.82) is 0 Å². The Hall–Kier alpha value is -2.34. The van der Waals surface area contributed by atoms with Crippen molar-refractivity contribution in [2.24, 2.45) is 7.05 Å². The van der Waals surface area contributed by atoms with Gasteiger partial charge in [-0.2, -0.15) is 5.10 Å². The second kappa shape index (κ2) is 8.16. The lowest BCUT2D eigenvalue weighted by atomic mass is 10.1. The van der Waals surface area contributed by atoms with E-state index in [4.69, 9.17) is 16.3 Å². The lowest BCUT2D eigenvalue weighted by Gasteiger charge is -2.22. The average molecular weight is 364 g/mol. The summed E-state index contributed by atoms with van der Waals surface area (Å²) in [5.74, 6) is -0.649. The average Bonchev–Trinajstić information content (AvgIpc) is 2.82. The van der Waals surface area contributed by atoms with E-state index in [9.17, 15) is 9.59 Å². The Kier molecular flexibility index (Phi) is 6.20. The van der Waals surface area contributed by atoms with E-state index in [1.165, 1.54) is 12.0 Å². The van der Waals surface area contributed by atoms with Crippen molar-refractivity contribution in [3.05, 3.63) is 51.8 Å². The Morgan fingerprint density at radius 2 is 1.96 bits per heavy atom. The summed E-state index contributed by atoms with van der Waals surface area (Å²) in [5, 5.41) is 4.89. The molecular weight excluding hydrogens is 342 g/mol. The molecule has 1 heterocycles. The number of aromatic nitrogens is 2. The van der Waals surface area contributed by atoms with Gasteiger partial charge in [0.2, 0.25) is 5.91 Å². The summed E-state index contributed by atoms with van der Waals surface area (Å²) in [7, 11) is 3.14. The summed E-state index contributed by atoms with van der Waals surface area (Å²) in [6.07, 6.45) is 0.174. The van der Waals surface area contributed by atoms with Crippen molar-refractivity contribution in [1.82, 2.24) is 14.7 Å². The standard InChI is InChI=1S/C18H22ClN3O3/c1-12-15(13(2)21(3)20-12)9-17(23)22(11-18(24)25-4)10-14-7-5-6-8-16(14)19/h5-8H,9-11H2,1-4H3. The fourth-order valence-corrected chi connectivity index (χ4v) is 2.82. The topological polar surface area (TPSA) is 64.4 Å². The highest BCUT2D eigenvalue weighted by molar-refractivity contribution is 6.31. The molecule has 0 aliphatic rings. The Morgan fingerprint density at radius 3 is 2.52 bits per heavy atom. The van der Waals surface area contributed by atoms with Gasteiger partial charge >= 0.3 is 5.97 Å². The van der Waals surface area contributed by atoms with E-state index < -0.39 is 5.97 Å². The molecule has 0 unspecified atom stereocenters. The molecule has 2 aromatic rings. The molecule has 25 heavy (non-hydrogen) atoms. The Balaban J connectivity index is 2.23. The number of carbonyl (C=O) groups is 2. The number of methoxy groups -OCH3 is 1. The van der Waals surface area contributed by atoms with Gasteiger partial charge < -0.3 is 9.64 Å². The predicted molar refractivity (Wildman–Crippen MR) is 95.3 cm³/mol. The van der Waals surface area contributed by atoms with Crippen LogP contribution in [0.1, 0.15) is 22.5 Å². The fraction of sp³-hybridized carbons (Fsp3) is 0.389. The zero-order valence-corrected chi connectivity index (χ0v) is 15.6. The maximum Gasteiger partial charge on any atom is 0.325 e. The lowest BCUT2D eigenvalue weighted by molar-refractivity contribution is -0.147. The molecule has 0 spiro atoms. The van der Waals surface area contributed by atoms with E-state index in [-0.39, 0.29) is 25.4 Å². The summed E-state index contributed by atoms with van der Waals surface area (Å²) < 4.78 is 6.47. The Labute approximate surface area is 152 Å². The van der Waals surface area contributed by atoms with Gasteiger partial charge in [-0.3, -0.25) is 14.3 Å². The number of hydrogen-bond acceptors (Lipinski definition) is 4. The SMILES string of the molecule is COC(=O)CN(Cc1ccccc1Cl)C(=O)Cc1c(C)nn(C)c1C. The largest absolute Gasteiger partial charge is 0.468 e. The van der Waals surface area contributed by atoms with Crippen LogP contribution in [-0.4, -0.2) is 40.2 Å². The first-order chi connectivity index (χ1) is 11.8. The first-order valence-electron chi connectivity index (χ1n) is 7.90. The Morgan fingerprint density at radius 1 is 1.28 bits per heavy atom. The van der Waals surface area contributed by atoms with Gasteiger partial charge in [-0.25, -0.2) is 0 Å². The smallest absolute Gasteiger partial charge is 0.325 e. The lowest BCUT2D eigenvalue weighted by Crippen LogP contribution is -2.37. The molecule has 0 N–H and O–H groups in total. The van der Waals surface area contributed by atoms with E-state index in [0.717, 1.165) is 22.5 Å². The summed E-state index contributed by atoms with van der Waals surface area (Å²) in [4.78, 5) is 26.0. The van der Waals surface area contributed by atoms with Crippen molar-refractivity contribution >= 4 is 23.5 Å². The highest BCUT2D eigenvalue weighted by atomic mass is 35.5. The first kappa shape index (κ1) is 19.0. The van der Waals surface area contributed by atoms with E-state index >= 15 is 0 Å². The molecule has 7 heteroatoms. The molecule has 0 saturated heterocycles. The molecule has 1 aromatic heterocycles. The van der Waals surface area contributed by atoms with Gasteiger partial charge in [0.15, 0.2) is 0 Å². The normalized spacial score (nSPS) is 10.6. The van der Waals surface area contributed by atoms with Crippen LogP contribution in [0.5, 0.6) is 0 Å². The number of rotatable bonds is 6. The van der Waals surface area contributed by atoms with Gasteiger partial charge in [0.25, 0.3) is 0 Å². The van der Waals surface area contributed by atoms with Gasteiger partial charge in [0.05, 0.1) is 19.2 Å². The second-order valence-corrected chi connectivity index (χ2v) is 6.27. The number of ether oxygens (including phenoxy) is 1. The van der Waals surface area contributed by atoms with E-state index in [0.29, 0.717) is 5.02 Å². The van der Waals surface area contributed by atoms with Crippen molar-refractivity contribution < 1.29 is 14.3 Å². The third-order valence-corrected chi connectivity index (χ3v) is 4.57. The number of amides is 1. The van der Waals surface area contributed by atoms with E-state index in [2.05, 4.69) is 5.10 Å². The monoisotopic (exact) mass is 363 g/mol. The third kappa shape index (κ3) is 4.60. The van der Waals surface area contributed by atoms with Crippen molar-refractivity contribution in [3.63, 3.8) is 0 Å². The molecule has 134 valence electrons. The molecule has 0 saturated carbocycles. The molecule has 1 amide bonds. The van der Waals surface area contributed by atoms with Crippen LogP contribution in [0.15, 0.2) is 24.3 Å². The number of halogens is 1. The van der Waals surface area contributed by atoms with Crippen molar-refractivity contribution in [2.45, 2.75) is 26.8 Å². The number of benzene rings is 1. The number of aryl methyl sites for hydroxylation is 2. The minimum absolute atomic E-state index is 0.126. The van der Waals surface area contributed by atoms with Crippen molar-refractivity contribution in [3.8, 4) is 0 Å². The van der Waals surface area contributed by atoms with Crippen molar-refractivity contribution in [2.75, 3.05) is 13.7 Å². The fourth-order valence-electron chi connectivity index (χ4n) is 2.62. The number of hydrogen-bond donors (Lipinski definition) is 0. The summed E-state index contributed by atoms with van der Waals surface area (Å²) in [6.45, 7) is 3.90. The second-order valence-electron chi connectivity index (χ2n) is 5.87. The highest BCUT2D eigenvalue weighted by Crippen LogP contribution is 2.19. The molecule has 1 aromatic carbocycles. The summed E-state index contributed by atoms with van der Waals surface area (Å²) in [6, 6.07) is 7.26. The van der Waals surface area contributed by atoms with Crippen LogP contribution >= 0.6 is 11.6 Å². The molecule has 0 aliphatic carbocycles. The van der Waals surface area contributed by atoms with Gasteiger partial charge in [-0.1, -0.05) is 29.8 Å². The molecule has 0 bridgehead atoms. The number of nitrogens with zero attached hydrogens (tertiary/aromatic N) is 3. The quantitative estimate of drug-likeness (QED) is 0.739. The Bertz CT molecular complexity index is 786. The van der Waals surface area contributed by atoms with Gasteiger partial charge in [0, 0.05) is 29.9 Å². The minimum atomic E-state index is -0.472.